The zero-order valence-electron chi connectivity index (χ0n) is 15.0. The van der Waals surface area contributed by atoms with Crippen molar-refractivity contribution in [2.24, 2.45) is 5.41 Å². The Bertz CT molecular complexity index is 909. The number of aromatic nitrogens is 2. The second-order valence-electron chi connectivity index (χ2n) is 8.06. The van der Waals surface area contributed by atoms with Gasteiger partial charge in [0, 0.05) is 16.5 Å². The number of nitrogens with zero attached hydrogens (tertiary/aromatic N) is 2. The topological polar surface area (TPSA) is 78.1 Å². The van der Waals surface area contributed by atoms with Crippen molar-refractivity contribution in [3.63, 3.8) is 0 Å². The third kappa shape index (κ3) is 2.50. The molecule has 2 N–H and O–H groups in total. The number of amides is 2. The van der Waals surface area contributed by atoms with Gasteiger partial charge in [-0.05, 0) is 31.0 Å². The van der Waals surface area contributed by atoms with E-state index in [-0.39, 0.29) is 17.0 Å². The summed E-state index contributed by atoms with van der Waals surface area (Å²) < 4.78 is 13.3. The van der Waals surface area contributed by atoms with E-state index in [1.165, 1.54) is 18.2 Å². The van der Waals surface area contributed by atoms with Crippen molar-refractivity contribution in [3.8, 4) is 0 Å². The minimum Gasteiger partial charge on any atom is -0.326 e. The molecule has 1 saturated carbocycles. The average Bonchev–Trinajstić information content (AvgIpc) is 3.17. The number of rotatable bonds is 2. The first-order chi connectivity index (χ1) is 12.2. The highest BCUT2D eigenvalue weighted by Crippen LogP contribution is 2.57. The first kappa shape index (κ1) is 16.8. The van der Waals surface area contributed by atoms with Crippen molar-refractivity contribution in [1.82, 2.24) is 15.1 Å². The van der Waals surface area contributed by atoms with Gasteiger partial charge in [0.1, 0.15) is 5.82 Å². The molecule has 2 heterocycles. The highest BCUT2D eigenvalue weighted by Gasteiger charge is 2.59. The van der Waals surface area contributed by atoms with Crippen LogP contribution in [0.15, 0.2) is 24.3 Å². The number of H-pyrrole nitrogens is 1. The molecule has 136 valence electrons. The van der Waals surface area contributed by atoms with Crippen LogP contribution in [0, 0.1) is 11.2 Å². The van der Waals surface area contributed by atoms with Crippen molar-refractivity contribution in [2.45, 2.75) is 45.7 Å². The molecule has 1 aromatic heterocycles. The van der Waals surface area contributed by atoms with E-state index in [4.69, 9.17) is 0 Å². The minimum atomic E-state index is -0.475. The van der Waals surface area contributed by atoms with Gasteiger partial charge in [-0.2, -0.15) is 5.10 Å². The van der Waals surface area contributed by atoms with E-state index >= 15 is 0 Å². The Morgan fingerprint density at radius 1 is 1.31 bits per heavy atom. The summed E-state index contributed by atoms with van der Waals surface area (Å²) in [6.07, 6.45) is 1.78. The van der Waals surface area contributed by atoms with Gasteiger partial charge in [-0.15, -0.1) is 0 Å². The Hall–Kier alpha value is -2.70. The molecule has 1 fully saturated rings. The lowest BCUT2D eigenvalue weighted by molar-refractivity contribution is -0.143. The van der Waals surface area contributed by atoms with Crippen LogP contribution in [0.25, 0.3) is 0 Å². The maximum atomic E-state index is 13.3. The molecule has 1 aliphatic carbocycles. The van der Waals surface area contributed by atoms with E-state index in [0.29, 0.717) is 12.4 Å². The molecule has 0 radical (unpaired) electrons. The fourth-order valence-electron chi connectivity index (χ4n) is 3.57. The maximum absolute atomic E-state index is 13.3. The Kier molecular flexibility index (Phi) is 3.48. The second-order valence-corrected chi connectivity index (χ2v) is 8.06. The molecule has 0 unspecified atom stereocenters. The minimum absolute atomic E-state index is 0.0852. The molecule has 2 aliphatic rings. The van der Waals surface area contributed by atoms with Gasteiger partial charge in [0.05, 0.1) is 17.8 Å². The number of halogens is 1. The van der Waals surface area contributed by atoms with Crippen LogP contribution in [0.2, 0.25) is 0 Å². The van der Waals surface area contributed by atoms with Gasteiger partial charge in [0.2, 0.25) is 5.91 Å². The van der Waals surface area contributed by atoms with E-state index in [0.717, 1.165) is 24.1 Å². The number of nitrogens with one attached hydrogen (secondary N) is 2. The molecule has 1 aromatic carbocycles. The van der Waals surface area contributed by atoms with E-state index in [9.17, 15) is 14.0 Å². The molecule has 1 aliphatic heterocycles. The lowest BCUT2D eigenvalue weighted by atomic mass is 9.94. The zero-order chi connectivity index (χ0) is 18.7. The van der Waals surface area contributed by atoms with Crippen LogP contribution < -0.4 is 5.32 Å². The molecule has 2 aromatic rings. The first-order valence-corrected chi connectivity index (χ1v) is 8.69. The van der Waals surface area contributed by atoms with Crippen molar-refractivity contribution in [1.29, 1.82) is 0 Å². The molecular weight excluding hydrogens is 335 g/mol. The molecular formula is C19H21FN4O2. The summed E-state index contributed by atoms with van der Waals surface area (Å²) in [4.78, 5) is 27.1. The third-order valence-corrected chi connectivity index (χ3v) is 5.09. The van der Waals surface area contributed by atoms with Crippen LogP contribution in [0.1, 0.15) is 55.2 Å². The molecule has 0 bridgehead atoms. The standard InChI is InChI=1S/C19H21FN4O2/c1-18(2,3)17(26)24-10-13-14(19(24)7-8-19)22-23-15(13)21-16(25)11-5-4-6-12(20)9-11/h4-6,9H,7-8,10H2,1-3H3,(H2,21,22,23,25). The SMILES string of the molecule is CC(C)(C)C(=O)N1Cc2c(NC(=O)c3cccc(F)c3)n[nH]c2C12CC2. The molecule has 26 heavy (non-hydrogen) atoms. The van der Waals surface area contributed by atoms with Crippen LogP contribution in [-0.4, -0.2) is 26.9 Å². The van der Waals surface area contributed by atoms with Crippen molar-refractivity contribution >= 4 is 17.6 Å². The Morgan fingerprint density at radius 3 is 2.65 bits per heavy atom. The fourth-order valence-corrected chi connectivity index (χ4v) is 3.57. The summed E-state index contributed by atoms with van der Waals surface area (Å²) in [6, 6.07) is 5.50. The van der Waals surface area contributed by atoms with Gasteiger partial charge in [-0.1, -0.05) is 26.8 Å². The van der Waals surface area contributed by atoms with Crippen molar-refractivity contribution < 1.29 is 14.0 Å². The second kappa shape index (κ2) is 5.40. The number of benzene rings is 1. The van der Waals surface area contributed by atoms with E-state index < -0.39 is 17.1 Å². The number of hydrogen-bond acceptors (Lipinski definition) is 3. The Balaban J connectivity index is 1.61. The Labute approximate surface area is 150 Å². The Morgan fingerprint density at radius 2 is 2.04 bits per heavy atom. The predicted molar refractivity (Wildman–Crippen MR) is 93.9 cm³/mol. The molecule has 6 nitrogen and oxygen atoms in total. The monoisotopic (exact) mass is 356 g/mol. The number of carbonyl (C=O) groups excluding carboxylic acids is 2. The molecule has 1 spiro atoms. The van der Waals surface area contributed by atoms with E-state index in [1.54, 1.807) is 6.07 Å². The molecule has 2 amide bonds. The summed E-state index contributed by atoms with van der Waals surface area (Å²) in [5.74, 6) is -0.403. The van der Waals surface area contributed by atoms with Crippen LogP contribution in [-0.2, 0) is 16.9 Å². The van der Waals surface area contributed by atoms with Gasteiger partial charge in [0.25, 0.3) is 5.91 Å². The average molecular weight is 356 g/mol. The van der Waals surface area contributed by atoms with Gasteiger partial charge >= 0.3 is 0 Å². The van der Waals surface area contributed by atoms with Gasteiger partial charge in [0.15, 0.2) is 5.82 Å². The molecule has 4 rings (SSSR count). The molecule has 0 saturated heterocycles. The normalized spacial score (nSPS) is 17.3. The van der Waals surface area contributed by atoms with Gasteiger partial charge in [-0.3, -0.25) is 14.7 Å². The number of fused-ring (bicyclic) bond motifs is 2. The molecule has 7 heteroatoms. The molecule has 0 atom stereocenters. The lowest BCUT2D eigenvalue weighted by Crippen LogP contribution is -2.42. The van der Waals surface area contributed by atoms with Gasteiger partial charge in [-0.25, -0.2) is 4.39 Å². The smallest absolute Gasteiger partial charge is 0.256 e. The van der Waals surface area contributed by atoms with Crippen LogP contribution >= 0.6 is 0 Å². The number of anilines is 1. The number of hydrogen-bond donors (Lipinski definition) is 2. The highest BCUT2D eigenvalue weighted by atomic mass is 19.1. The number of aromatic amines is 1. The highest BCUT2D eigenvalue weighted by molar-refractivity contribution is 6.04. The summed E-state index contributed by atoms with van der Waals surface area (Å²) in [5, 5.41) is 9.98. The van der Waals surface area contributed by atoms with E-state index in [1.807, 2.05) is 25.7 Å². The first-order valence-electron chi connectivity index (χ1n) is 8.69. The summed E-state index contributed by atoms with van der Waals surface area (Å²) in [7, 11) is 0. The summed E-state index contributed by atoms with van der Waals surface area (Å²) in [6.45, 7) is 6.13. The van der Waals surface area contributed by atoms with Gasteiger partial charge < -0.3 is 10.2 Å². The number of carbonyl (C=O) groups is 2. The van der Waals surface area contributed by atoms with Crippen molar-refractivity contribution in [2.75, 3.05) is 5.32 Å². The lowest BCUT2D eigenvalue weighted by Gasteiger charge is -2.31. The quantitative estimate of drug-likeness (QED) is 0.867. The summed E-state index contributed by atoms with van der Waals surface area (Å²) in [5.41, 5.74) is 1.18. The predicted octanol–water partition coefficient (Wildman–Crippen LogP) is 3.18. The largest absolute Gasteiger partial charge is 0.326 e. The van der Waals surface area contributed by atoms with Crippen LogP contribution in [0.4, 0.5) is 10.2 Å². The zero-order valence-corrected chi connectivity index (χ0v) is 15.0. The van der Waals surface area contributed by atoms with E-state index in [2.05, 4.69) is 15.5 Å². The summed E-state index contributed by atoms with van der Waals surface area (Å²) >= 11 is 0. The van der Waals surface area contributed by atoms with Crippen LogP contribution in [0.3, 0.4) is 0 Å². The maximum Gasteiger partial charge on any atom is 0.256 e. The van der Waals surface area contributed by atoms with Crippen LogP contribution in [0.5, 0.6) is 0 Å². The van der Waals surface area contributed by atoms with Crippen molar-refractivity contribution in [3.05, 3.63) is 46.9 Å². The fraction of sp³-hybridized carbons (Fsp3) is 0.421. The third-order valence-electron chi connectivity index (χ3n) is 5.09.